The predicted molar refractivity (Wildman–Crippen MR) is 77.4 cm³/mol. The van der Waals surface area contributed by atoms with E-state index in [1.54, 1.807) is 26.0 Å². The highest BCUT2D eigenvalue weighted by molar-refractivity contribution is 14.1. The molecule has 6 nitrogen and oxygen atoms in total. The summed E-state index contributed by atoms with van der Waals surface area (Å²) in [4.78, 5) is 18.5. The molecule has 0 unspecified atom stereocenters. The molecule has 1 heterocycles. The number of aryl methyl sites for hydroxylation is 2. The van der Waals surface area contributed by atoms with Gasteiger partial charge in [-0.1, -0.05) is 12.1 Å². The van der Waals surface area contributed by atoms with Crippen molar-refractivity contribution in [2.75, 3.05) is 0 Å². The smallest absolute Gasteiger partial charge is 0.352 e. The van der Waals surface area contributed by atoms with Crippen molar-refractivity contribution in [2.45, 2.75) is 13.8 Å². The molecule has 7 heteroatoms. The Bertz CT molecular complexity index is 646. The van der Waals surface area contributed by atoms with Gasteiger partial charge in [-0.3, -0.25) is 10.1 Å². The van der Waals surface area contributed by atoms with Crippen LogP contribution in [0.3, 0.4) is 0 Å². The fourth-order valence-electron chi connectivity index (χ4n) is 1.59. The van der Waals surface area contributed by atoms with Crippen molar-refractivity contribution in [1.82, 2.24) is 9.97 Å². The molecule has 0 radical (unpaired) electrons. The Balaban J connectivity index is 2.51. The summed E-state index contributed by atoms with van der Waals surface area (Å²) in [5.41, 5.74) is 0.0868. The van der Waals surface area contributed by atoms with Crippen molar-refractivity contribution >= 4 is 28.3 Å². The van der Waals surface area contributed by atoms with Crippen LogP contribution in [0, 0.1) is 27.5 Å². The van der Waals surface area contributed by atoms with Gasteiger partial charge in [-0.2, -0.15) is 4.98 Å². The average molecular weight is 371 g/mol. The highest BCUT2D eigenvalue weighted by atomic mass is 127. The van der Waals surface area contributed by atoms with E-state index in [1.807, 2.05) is 12.1 Å². The standard InChI is InChI=1S/C12H10IN3O3/c1-7-11(16(17)18)12(15-8(2)14-7)19-10-6-4-3-5-9(10)13/h3-6H,1-2H3. The molecule has 0 aliphatic rings. The maximum atomic E-state index is 11.1. The zero-order chi connectivity index (χ0) is 14.0. The van der Waals surface area contributed by atoms with E-state index in [2.05, 4.69) is 32.6 Å². The highest BCUT2D eigenvalue weighted by Gasteiger charge is 2.23. The number of hydrogen-bond acceptors (Lipinski definition) is 5. The van der Waals surface area contributed by atoms with Gasteiger partial charge in [0.2, 0.25) is 0 Å². The van der Waals surface area contributed by atoms with E-state index in [0.29, 0.717) is 17.3 Å². The summed E-state index contributed by atoms with van der Waals surface area (Å²) in [6, 6.07) is 7.24. The summed E-state index contributed by atoms with van der Waals surface area (Å²) in [7, 11) is 0. The third kappa shape index (κ3) is 2.98. The molecule has 1 aromatic heterocycles. The molecule has 1 aromatic carbocycles. The first-order valence-corrected chi connectivity index (χ1v) is 6.49. The summed E-state index contributed by atoms with van der Waals surface area (Å²) < 4.78 is 6.41. The number of aromatic nitrogens is 2. The maximum absolute atomic E-state index is 11.1. The second-order valence-electron chi connectivity index (χ2n) is 3.80. The fourth-order valence-corrected chi connectivity index (χ4v) is 2.09. The van der Waals surface area contributed by atoms with Gasteiger partial charge in [-0.15, -0.1) is 0 Å². The Morgan fingerprint density at radius 3 is 2.58 bits per heavy atom. The Morgan fingerprint density at radius 1 is 1.26 bits per heavy atom. The monoisotopic (exact) mass is 371 g/mol. The lowest BCUT2D eigenvalue weighted by atomic mass is 10.3. The average Bonchev–Trinajstić information content (AvgIpc) is 2.30. The van der Waals surface area contributed by atoms with Crippen LogP contribution in [-0.2, 0) is 0 Å². The van der Waals surface area contributed by atoms with E-state index in [4.69, 9.17) is 4.74 Å². The molecule has 0 atom stereocenters. The van der Waals surface area contributed by atoms with Gasteiger partial charge in [0.1, 0.15) is 17.3 Å². The first kappa shape index (κ1) is 13.7. The molecule has 0 amide bonds. The van der Waals surface area contributed by atoms with Gasteiger partial charge < -0.3 is 4.74 Å². The largest absolute Gasteiger partial charge is 0.432 e. The number of rotatable bonds is 3. The van der Waals surface area contributed by atoms with Crippen molar-refractivity contribution < 1.29 is 9.66 Å². The number of para-hydroxylation sites is 1. The number of ether oxygens (including phenoxy) is 1. The predicted octanol–water partition coefficient (Wildman–Crippen LogP) is 3.40. The van der Waals surface area contributed by atoms with Crippen LogP contribution in [0.4, 0.5) is 5.69 Å². The van der Waals surface area contributed by atoms with Crippen molar-refractivity contribution in [3.05, 3.63) is 49.5 Å². The van der Waals surface area contributed by atoms with Crippen LogP contribution in [0.1, 0.15) is 11.5 Å². The maximum Gasteiger partial charge on any atom is 0.352 e. The van der Waals surface area contributed by atoms with E-state index < -0.39 is 4.92 Å². The van der Waals surface area contributed by atoms with E-state index >= 15 is 0 Å². The lowest BCUT2D eigenvalue weighted by Gasteiger charge is -2.08. The second kappa shape index (κ2) is 5.47. The molecule has 0 spiro atoms. The van der Waals surface area contributed by atoms with E-state index in [9.17, 15) is 10.1 Å². The van der Waals surface area contributed by atoms with Crippen molar-refractivity contribution in [3.8, 4) is 11.6 Å². The molecule has 98 valence electrons. The van der Waals surface area contributed by atoms with Gasteiger partial charge in [0.05, 0.1) is 8.49 Å². The summed E-state index contributed by atoms with van der Waals surface area (Å²) in [5.74, 6) is 0.937. The molecule has 2 aromatic rings. The first-order valence-electron chi connectivity index (χ1n) is 5.41. The third-order valence-corrected chi connectivity index (χ3v) is 3.26. The number of halogens is 1. The minimum Gasteiger partial charge on any atom is -0.432 e. The third-order valence-electron chi connectivity index (χ3n) is 2.36. The Kier molecular flexibility index (Phi) is 3.93. The van der Waals surface area contributed by atoms with Crippen LogP contribution in [0.15, 0.2) is 24.3 Å². The van der Waals surface area contributed by atoms with Crippen LogP contribution in [-0.4, -0.2) is 14.9 Å². The van der Waals surface area contributed by atoms with Gasteiger partial charge in [-0.25, -0.2) is 4.98 Å². The summed E-state index contributed by atoms with van der Waals surface area (Å²) in [6.45, 7) is 3.23. The molecule has 0 fully saturated rings. The highest BCUT2D eigenvalue weighted by Crippen LogP contribution is 2.33. The topological polar surface area (TPSA) is 78.2 Å². The van der Waals surface area contributed by atoms with Crippen LogP contribution in [0.5, 0.6) is 11.6 Å². The number of benzene rings is 1. The van der Waals surface area contributed by atoms with E-state index in [-0.39, 0.29) is 11.6 Å². The minimum absolute atomic E-state index is 0.0286. The molecular formula is C12H10IN3O3. The van der Waals surface area contributed by atoms with E-state index in [0.717, 1.165) is 3.57 Å². The lowest BCUT2D eigenvalue weighted by molar-refractivity contribution is -0.386. The molecule has 0 N–H and O–H groups in total. The lowest BCUT2D eigenvalue weighted by Crippen LogP contribution is -2.03. The zero-order valence-corrected chi connectivity index (χ0v) is 12.4. The van der Waals surface area contributed by atoms with Gasteiger partial charge in [0, 0.05) is 0 Å². The molecule has 19 heavy (non-hydrogen) atoms. The first-order chi connectivity index (χ1) is 8.99. The van der Waals surface area contributed by atoms with Gasteiger partial charge in [0.25, 0.3) is 0 Å². The summed E-state index contributed by atoms with van der Waals surface area (Å²) in [6.07, 6.45) is 0. The summed E-state index contributed by atoms with van der Waals surface area (Å²) >= 11 is 2.10. The van der Waals surface area contributed by atoms with Gasteiger partial charge in [0.15, 0.2) is 0 Å². The van der Waals surface area contributed by atoms with Crippen molar-refractivity contribution in [2.24, 2.45) is 0 Å². The Morgan fingerprint density at radius 2 is 1.95 bits per heavy atom. The van der Waals surface area contributed by atoms with E-state index in [1.165, 1.54) is 0 Å². The number of hydrogen-bond donors (Lipinski definition) is 0. The Labute approximate surface area is 123 Å². The van der Waals surface area contributed by atoms with Gasteiger partial charge >= 0.3 is 11.6 Å². The second-order valence-corrected chi connectivity index (χ2v) is 4.96. The molecule has 0 bridgehead atoms. The SMILES string of the molecule is Cc1nc(C)c([N+](=O)[O-])c(Oc2ccccc2I)n1. The Hall–Kier alpha value is -1.77. The summed E-state index contributed by atoms with van der Waals surface area (Å²) in [5, 5.41) is 11.1. The fraction of sp³-hybridized carbons (Fsp3) is 0.167. The minimum atomic E-state index is -0.528. The normalized spacial score (nSPS) is 10.3. The van der Waals surface area contributed by atoms with Crippen molar-refractivity contribution in [3.63, 3.8) is 0 Å². The molecular weight excluding hydrogens is 361 g/mol. The van der Waals surface area contributed by atoms with Crippen LogP contribution in [0.25, 0.3) is 0 Å². The molecule has 0 saturated heterocycles. The van der Waals surface area contributed by atoms with Crippen LogP contribution >= 0.6 is 22.6 Å². The molecule has 0 aliphatic carbocycles. The zero-order valence-electron chi connectivity index (χ0n) is 10.3. The quantitative estimate of drug-likeness (QED) is 0.470. The van der Waals surface area contributed by atoms with Crippen molar-refractivity contribution in [1.29, 1.82) is 0 Å². The van der Waals surface area contributed by atoms with Gasteiger partial charge in [-0.05, 0) is 48.6 Å². The molecule has 0 aliphatic heterocycles. The number of nitrogens with zero attached hydrogens (tertiary/aromatic N) is 3. The van der Waals surface area contributed by atoms with Crippen LogP contribution < -0.4 is 4.74 Å². The number of nitro groups is 1. The molecule has 2 rings (SSSR count). The molecule has 0 saturated carbocycles. The van der Waals surface area contributed by atoms with Crippen LogP contribution in [0.2, 0.25) is 0 Å².